The van der Waals surface area contributed by atoms with Crippen molar-refractivity contribution in [2.75, 3.05) is 6.54 Å². The van der Waals surface area contributed by atoms with Crippen LogP contribution in [0.3, 0.4) is 0 Å². The summed E-state index contributed by atoms with van der Waals surface area (Å²) in [5.74, 6) is -0.687. The third-order valence-electron chi connectivity index (χ3n) is 6.09. The standard InChI is InChI=1S/C18H16B2ClF3N4O3/c1-7-9-4-11(18(22,23)24)12(21)5-10(9)17(19,20)28(7)15(31)25-6-16(8-2-3-8)13(29)26-14(30)27-16/h4-5,7-8H,2-3,6H2,1H3,(H,25,31)(H2,26,27,29,30)/t7-,16+/m1/s1. The van der Waals surface area contributed by atoms with Crippen molar-refractivity contribution in [3.8, 4) is 0 Å². The monoisotopic (exact) mass is 450 g/mol. The van der Waals surface area contributed by atoms with Crippen molar-refractivity contribution in [2.24, 2.45) is 5.92 Å². The highest BCUT2D eigenvalue weighted by Gasteiger charge is 2.56. The number of urea groups is 2. The van der Waals surface area contributed by atoms with Crippen molar-refractivity contribution >= 4 is 45.3 Å². The number of carbonyl (C=O) groups excluding carboxylic acids is 3. The van der Waals surface area contributed by atoms with Crippen LogP contribution in [0, 0.1) is 5.92 Å². The summed E-state index contributed by atoms with van der Waals surface area (Å²) in [5, 5.41) is 4.76. The van der Waals surface area contributed by atoms with Gasteiger partial charge in [0.05, 0.1) is 38.9 Å². The SMILES string of the molecule is [B]C1([B])c2cc(Cl)c(C(F)(F)F)cc2[C@@H](C)N1C(=O)NC[C@@]1(C2CC2)NC(=O)NC1=O. The number of rotatable bonds is 3. The molecule has 1 saturated carbocycles. The molecule has 3 N–H and O–H groups in total. The molecule has 2 heterocycles. The van der Waals surface area contributed by atoms with Crippen LogP contribution in [-0.4, -0.2) is 50.6 Å². The Morgan fingerprint density at radius 3 is 2.48 bits per heavy atom. The molecule has 0 aromatic heterocycles. The Morgan fingerprint density at radius 1 is 1.32 bits per heavy atom. The molecule has 0 bridgehead atoms. The van der Waals surface area contributed by atoms with Gasteiger partial charge in [-0.1, -0.05) is 11.6 Å². The predicted molar refractivity (Wildman–Crippen MR) is 105 cm³/mol. The molecule has 160 valence electrons. The van der Waals surface area contributed by atoms with Crippen LogP contribution in [-0.2, 0) is 16.3 Å². The Balaban J connectivity index is 1.60. The molecule has 2 atom stereocenters. The molecule has 4 rings (SSSR count). The summed E-state index contributed by atoms with van der Waals surface area (Å²) in [7, 11) is 12.3. The summed E-state index contributed by atoms with van der Waals surface area (Å²) < 4.78 is 39.8. The Morgan fingerprint density at radius 2 is 1.97 bits per heavy atom. The zero-order valence-electron chi connectivity index (χ0n) is 16.3. The maximum atomic E-state index is 13.3. The van der Waals surface area contributed by atoms with Crippen LogP contribution in [0.15, 0.2) is 12.1 Å². The molecule has 1 aromatic rings. The summed E-state index contributed by atoms with van der Waals surface area (Å²) in [4.78, 5) is 38.0. The van der Waals surface area contributed by atoms with Gasteiger partial charge in [0.1, 0.15) is 5.54 Å². The summed E-state index contributed by atoms with van der Waals surface area (Å²) >= 11 is 5.80. The number of nitrogens with one attached hydrogen (secondary N) is 3. The summed E-state index contributed by atoms with van der Waals surface area (Å²) in [6, 6.07) is -0.519. The van der Waals surface area contributed by atoms with Gasteiger partial charge in [-0.05, 0) is 54.3 Å². The maximum absolute atomic E-state index is 13.3. The lowest BCUT2D eigenvalue weighted by molar-refractivity contribution is -0.137. The molecule has 0 spiro atoms. The molecule has 5 amide bonds. The number of carbonyl (C=O) groups is 3. The van der Waals surface area contributed by atoms with Crippen molar-refractivity contribution in [2.45, 2.75) is 42.9 Å². The lowest BCUT2D eigenvalue weighted by Gasteiger charge is -2.37. The van der Waals surface area contributed by atoms with Crippen LogP contribution in [0.2, 0.25) is 5.02 Å². The highest BCUT2D eigenvalue weighted by atomic mass is 35.5. The Labute approximate surface area is 183 Å². The fraction of sp³-hybridized carbons (Fsp3) is 0.500. The van der Waals surface area contributed by atoms with E-state index in [1.54, 1.807) is 0 Å². The van der Waals surface area contributed by atoms with Gasteiger partial charge in [0.15, 0.2) is 0 Å². The topological polar surface area (TPSA) is 90.5 Å². The summed E-state index contributed by atoms with van der Waals surface area (Å²) in [6.45, 7) is 1.26. The molecule has 4 radical (unpaired) electrons. The molecular weight excluding hydrogens is 434 g/mol. The lowest BCUT2D eigenvalue weighted by atomic mass is 9.58. The fourth-order valence-electron chi connectivity index (χ4n) is 4.37. The zero-order chi connectivity index (χ0) is 22.9. The van der Waals surface area contributed by atoms with E-state index in [4.69, 9.17) is 27.3 Å². The third kappa shape index (κ3) is 3.35. The van der Waals surface area contributed by atoms with E-state index in [-0.39, 0.29) is 23.6 Å². The van der Waals surface area contributed by atoms with Gasteiger partial charge in [-0.3, -0.25) is 10.1 Å². The number of alkyl halides is 3. The number of benzene rings is 1. The molecule has 31 heavy (non-hydrogen) atoms. The molecule has 7 nitrogen and oxygen atoms in total. The van der Waals surface area contributed by atoms with E-state index in [1.165, 1.54) is 6.92 Å². The van der Waals surface area contributed by atoms with Gasteiger partial charge < -0.3 is 15.5 Å². The van der Waals surface area contributed by atoms with Crippen LogP contribution < -0.4 is 16.0 Å². The van der Waals surface area contributed by atoms with E-state index in [9.17, 15) is 27.6 Å². The molecule has 1 aromatic carbocycles. The summed E-state index contributed by atoms with van der Waals surface area (Å²) in [5.41, 5.74) is -2.16. The Bertz CT molecular complexity index is 1000. The second-order valence-electron chi connectivity index (χ2n) is 8.10. The van der Waals surface area contributed by atoms with E-state index < -0.39 is 51.7 Å². The second kappa shape index (κ2) is 6.82. The van der Waals surface area contributed by atoms with Crippen molar-refractivity contribution in [1.82, 2.24) is 20.9 Å². The molecular formula is C18H16B2ClF3N4O3. The average molecular weight is 450 g/mol. The van der Waals surface area contributed by atoms with Crippen molar-refractivity contribution in [3.05, 3.63) is 33.8 Å². The minimum absolute atomic E-state index is 0.0805. The molecule has 3 aliphatic rings. The first kappa shape index (κ1) is 21.9. The molecule has 2 aliphatic heterocycles. The van der Waals surface area contributed by atoms with Crippen LogP contribution in [0.25, 0.3) is 0 Å². The highest BCUT2D eigenvalue weighted by molar-refractivity contribution is 6.41. The van der Waals surface area contributed by atoms with Crippen LogP contribution in [0.4, 0.5) is 22.8 Å². The maximum Gasteiger partial charge on any atom is 0.417 e. The average Bonchev–Trinajstić information content (AvgIpc) is 3.41. The number of fused-ring (bicyclic) bond motifs is 1. The predicted octanol–water partition coefficient (Wildman–Crippen LogP) is 1.88. The Hall–Kier alpha value is -2.36. The number of hydrogen-bond donors (Lipinski definition) is 3. The number of hydrogen-bond acceptors (Lipinski definition) is 3. The van der Waals surface area contributed by atoms with Gasteiger partial charge in [-0.25, -0.2) is 9.59 Å². The van der Waals surface area contributed by atoms with Crippen molar-refractivity contribution in [1.29, 1.82) is 0 Å². The van der Waals surface area contributed by atoms with E-state index in [0.717, 1.165) is 17.0 Å². The van der Waals surface area contributed by atoms with E-state index in [2.05, 4.69) is 16.0 Å². The van der Waals surface area contributed by atoms with Crippen LogP contribution in [0.1, 0.15) is 42.5 Å². The van der Waals surface area contributed by atoms with Gasteiger partial charge in [0.2, 0.25) is 0 Å². The quantitative estimate of drug-likeness (QED) is 0.485. The number of amides is 5. The molecule has 0 unspecified atom stereocenters. The number of imide groups is 1. The largest absolute Gasteiger partial charge is 0.417 e. The lowest BCUT2D eigenvalue weighted by Crippen LogP contribution is -2.60. The Kier molecular flexibility index (Phi) is 4.81. The van der Waals surface area contributed by atoms with Gasteiger partial charge in [-0.15, -0.1) is 0 Å². The third-order valence-corrected chi connectivity index (χ3v) is 6.41. The van der Waals surface area contributed by atoms with Crippen LogP contribution in [0.5, 0.6) is 0 Å². The minimum Gasteiger partial charge on any atom is -0.335 e. The minimum atomic E-state index is -4.70. The first-order valence-electron chi connectivity index (χ1n) is 9.48. The van der Waals surface area contributed by atoms with E-state index >= 15 is 0 Å². The molecule has 2 fully saturated rings. The van der Waals surface area contributed by atoms with E-state index in [0.29, 0.717) is 12.8 Å². The molecule has 1 aliphatic carbocycles. The summed E-state index contributed by atoms with van der Waals surface area (Å²) in [6.07, 6.45) is -3.30. The smallest absolute Gasteiger partial charge is 0.335 e. The van der Waals surface area contributed by atoms with Gasteiger partial charge in [0.25, 0.3) is 5.91 Å². The molecule has 13 heteroatoms. The van der Waals surface area contributed by atoms with Gasteiger partial charge >= 0.3 is 18.2 Å². The van der Waals surface area contributed by atoms with Crippen molar-refractivity contribution < 1.29 is 27.6 Å². The first-order valence-corrected chi connectivity index (χ1v) is 9.86. The van der Waals surface area contributed by atoms with Gasteiger partial charge in [0, 0.05) is 0 Å². The van der Waals surface area contributed by atoms with E-state index in [1.807, 2.05) is 0 Å². The normalized spacial score (nSPS) is 27.0. The number of nitrogens with zero attached hydrogens (tertiary/aromatic N) is 1. The zero-order valence-corrected chi connectivity index (χ0v) is 17.0. The fourth-order valence-corrected chi connectivity index (χ4v) is 4.64. The second-order valence-corrected chi connectivity index (χ2v) is 8.51. The first-order chi connectivity index (χ1) is 14.3. The number of halogens is 4. The highest BCUT2D eigenvalue weighted by Crippen LogP contribution is 2.47. The van der Waals surface area contributed by atoms with Gasteiger partial charge in [-0.2, -0.15) is 13.2 Å². The molecule has 1 saturated heterocycles. The van der Waals surface area contributed by atoms with Crippen molar-refractivity contribution in [3.63, 3.8) is 0 Å². The van der Waals surface area contributed by atoms with Crippen LogP contribution >= 0.6 is 11.6 Å².